The Balaban J connectivity index is 1.61. The predicted octanol–water partition coefficient (Wildman–Crippen LogP) is 4.53. The minimum Gasteiger partial charge on any atom is -0.495 e. The van der Waals surface area contributed by atoms with E-state index in [0.717, 1.165) is 14.9 Å². The summed E-state index contributed by atoms with van der Waals surface area (Å²) >= 11 is 1.55. The van der Waals surface area contributed by atoms with Crippen molar-refractivity contribution in [1.82, 2.24) is 10.2 Å². The highest BCUT2D eigenvalue weighted by atomic mass is 32.2. The fourth-order valence-electron chi connectivity index (χ4n) is 3.31. The summed E-state index contributed by atoms with van der Waals surface area (Å²) in [5, 5.41) is 11.7. The van der Waals surface area contributed by atoms with E-state index in [9.17, 15) is 13.2 Å². The molecule has 2 heterocycles. The summed E-state index contributed by atoms with van der Waals surface area (Å²) in [4.78, 5) is 13.9. The van der Waals surface area contributed by atoms with Gasteiger partial charge < -0.3 is 10.1 Å². The summed E-state index contributed by atoms with van der Waals surface area (Å²) in [6, 6.07) is 16.9. The second kappa shape index (κ2) is 9.08. The molecule has 2 N–H and O–H groups in total. The van der Waals surface area contributed by atoms with Gasteiger partial charge in [-0.25, -0.2) is 8.42 Å². The van der Waals surface area contributed by atoms with Crippen molar-refractivity contribution < 1.29 is 17.9 Å². The van der Waals surface area contributed by atoms with E-state index in [2.05, 4.69) is 15.5 Å². The Bertz CT molecular complexity index is 1400. The van der Waals surface area contributed by atoms with E-state index in [1.807, 2.05) is 17.5 Å². The number of aromatic nitrogens is 2. The highest BCUT2D eigenvalue weighted by Crippen LogP contribution is 2.31. The van der Waals surface area contributed by atoms with Gasteiger partial charge in [0, 0.05) is 18.7 Å². The molecular weight excluding hydrogens is 460 g/mol. The van der Waals surface area contributed by atoms with Gasteiger partial charge in [0.25, 0.3) is 15.9 Å². The maximum absolute atomic E-state index is 13.3. The zero-order chi connectivity index (χ0) is 23.6. The molecule has 0 saturated heterocycles. The number of aryl methyl sites for hydroxylation is 1. The Hall–Kier alpha value is -3.63. The highest BCUT2D eigenvalue weighted by Gasteiger charge is 2.25. The average Bonchev–Trinajstić information content (AvgIpc) is 3.50. The summed E-state index contributed by atoms with van der Waals surface area (Å²) < 4.78 is 33.0. The van der Waals surface area contributed by atoms with Crippen LogP contribution in [0.1, 0.15) is 15.9 Å². The van der Waals surface area contributed by atoms with E-state index >= 15 is 0 Å². The predicted molar refractivity (Wildman–Crippen MR) is 130 cm³/mol. The van der Waals surface area contributed by atoms with Crippen molar-refractivity contribution in [3.05, 3.63) is 77.2 Å². The fourth-order valence-corrected chi connectivity index (χ4v) is 5.24. The number of carbonyl (C=O) groups excluding carboxylic acids is 1. The van der Waals surface area contributed by atoms with Gasteiger partial charge in [-0.15, -0.1) is 11.3 Å². The van der Waals surface area contributed by atoms with Gasteiger partial charge in [0.1, 0.15) is 5.75 Å². The number of methoxy groups -OCH3 is 1. The Morgan fingerprint density at radius 3 is 2.64 bits per heavy atom. The Labute approximate surface area is 195 Å². The minimum absolute atomic E-state index is 0.00652. The van der Waals surface area contributed by atoms with Crippen molar-refractivity contribution in [3.63, 3.8) is 0 Å². The molecule has 1 amide bonds. The maximum atomic E-state index is 13.3. The van der Waals surface area contributed by atoms with Crippen LogP contribution in [-0.4, -0.2) is 38.7 Å². The molecule has 10 heteroatoms. The van der Waals surface area contributed by atoms with Crippen molar-refractivity contribution in [2.75, 3.05) is 23.8 Å². The summed E-state index contributed by atoms with van der Waals surface area (Å²) in [5.41, 5.74) is 2.06. The molecule has 0 spiro atoms. The van der Waals surface area contributed by atoms with Crippen molar-refractivity contribution >= 4 is 38.8 Å². The Morgan fingerprint density at radius 2 is 1.91 bits per heavy atom. The number of rotatable bonds is 7. The molecule has 0 atom stereocenters. The summed E-state index contributed by atoms with van der Waals surface area (Å²) in [6.45, 7) is 1.75. The molecular formula is C23H22N4O4S2. The Morgan fingerprint density at radius 1 is 1.12 bits per heavy atom. The third-order valence-electron chi connectivity index (χ3n) is 5.14. The van der Waals surface area contributed by atoms with Gasteiger partial charge >= 0.3 is 0 Å². The van der Waals surface area contributed by atoms with Crippen LogP contribution in [0.5, 0.6) is 5.75 Å². The normalized spacial score (nSPS) is 11.2. The molecule has 0 bridgehead atoms. The first-order chi connectivity index (χ1) is 15.8. The van der Waals surface area contributed by atoms with Crippen LogP contribution in [0.25, 0.3) is 10.6 Å². The molecule has 4 rings (SSSR count). The molecule has 4 aromatic rings. The molecule has 170 valence electrons. The summed E-state index contributed by atoms with van der Waals surface area (Å²) in [5.74, 6) is 0.324. The number of hydrogen-bond acceptors (Lipinski definition) is 6. The number of sulfonamides is 1. The van der Waals surface area contributed by atoms with Gasteiger partial charge in [-0.05, 0) is 48.2 Å². The zero-order valence-electron chi connectivity index (χ0n) is 18.2. The molecule has 0 aliphatic heterocycles. The van der Waals surface area contributed by atoms with Crippen LogP contribution in [0.15, 0.2) is 70.9 Å². The largest absolute Gasteiger partial charge is 0.495 e. The lowest BCUT2D eigenvalue weighted by molar-refractivity contribution is 0.102. The Kier molecular flexibility index (Phi) is 6.21. The fraction of sp³-hybridized carbons (Fsp3) is 0.130. The first kappa shape index (κ1) is 22.6. The first-order valence-electron chi connectivity index (χ1n) is 9.94. The molecule has 0 aliphatic rings. The molecule has 0 fully saturated rings. The van der Waals surface area contributed by atoms with Crippen molar-refractivity contribution in [1.29, 1.82) is 0 Å². The van der Waals surface area contributed by atoms with Crippen LogP contribution < -0.4 is 14.4 Å². The molecule has 0 saturated carbocycles. The van der Waals surface area contributed by atoms with Crippen LogP contribution in [-0.2, 0) is 10.0 Å². The quantitative estimate of drug-likeness (QED) is 0.403. The second-order valence-corrected chi connectivity index (χ2v) is 10.1. The van der Waals surface area contributed by atoms with Crippen molar-refractivity contribution in [2.45, 2.75) is 11.8 Å². The lowest BCUT2D eigenvalue weighted by Crippen LogP contribution is -2.27. The standard InChI is InChI=1S/C23H22N4O4S2/c1-15-10-11-16(33(29,30)27(2)19-7-4-5-8-20(19)31-3)13-17(15)23(28)24-22-14-18(25-26-22)21-9-6-12-32-21/h4-14H,1-3H3,(H2,24,25,26,28). The van der Waals surface area contributed by atoms with E-state index in [4.69, 9.17) is 4.74 Å². The van der Waals surface area contributed by atoms with Crippen molar-refractivity contribution in [3.8, 4) is 16.3 Å². The topological polar surface area (TPSA) is 104 Å². The smallest absolute Gasteiger partial charge is 0.264 e. The highest BCUT2D eigenvalue weighted by molar-refractivity contribution is 7.92. The lowest BCUT2D eigenvalue weighted by Gasteiger charge is -2.22. The van der Waals surface area contributed by atoms with Crippen LogP contribution in [0.2, 0.25) is 0 Å². The summed E-state index contributed by atoms with van der Waals surface area (Å²) in [6.07, 6.45) is 0. The van der Waals surface area contributed by atoms with E-state index in [1.54, 1.807) is 54.7 Å². The van der Waals surface area contributed by atoms with Gasteiger partial charge in [0.05, 0.1) is 28.3 Å². The number of aromatic amines is 1. The van der Waals surface area contributed by atoms with Gasteiger partial charge in [-0.1, -0.05) is 24.3 Å². The molecule has 2 aromatic heterocycles. The maximum Gasteiger partial charge on any atom is 0.264 e. The van der Waals surface area contributed by atoms with E-state index in [1.165, 1.54) is 26.3 Å². The second-order valence-electron chi connectivity index (χ2n) is 7.22. The molecule has 33 heavy (non-hydrogen) atoms. The van der Waals surface area contributed by atoms with Crippen LogP contribution in [0, 0.1) is 6.92 Å². The molecule has 0 radical (unpaired) electrons. The number of amides is 1. The lowest BCUT2D eigenvalue weighted by atomic mass is 10.1. The van der Waals surface area contributed by atoms with Gasteiger partial charge in [0.2, 0.25) is 0 Å². The first-order valence-corrected chi connectivity index (χ1v) is 12.3. The van der Waals surface area contributed by atoms with E-state index in [-0.39, 0.29) is 10.5 Å². The van der Waals surface area contributed by atoms with Crippen LogP contribution in [0.3, 0.4) is 0 Å². The number of ether oxygens (including phenoxy) is 1. The minimum atomic E-state index is -3.94. The molecule has 8 nitrogen and oxygen atoms in total. The van der Waals surface area contributed by atoms with Crippen LogP contribution >= 0.6 is 11.3 Å². The third kappa shape index (κ3) is 4.48. The average molecular weight is 483 g/mol. The monoisotopic (exact) mass is 482 g/mol. The number of thiophene rings is 1. The summed E-state index contributed by atoms with van der Waals surface area (Å²) in [7, 11) is -1.02. The van der Waals surface area contributed by atoms with Crippen molar-refractivity contribution in [2.24, 2.45) is 0 Å². The SMILES string of the molecule is COc1ccccc1N(C)S(=O)(=O)c1ccc(C)c(C(=O)Nc2cc(-c3cccs3)[nH]n2)c1. The number of para-hydroxylation sites is 2. The number of carbonyl (C=O) groups is 1. The number of nitrogens with zero attached hydrogens (tertiary/aromatic N) is 2. The van der Waals surface area contributed by atoms with E-state index < -0.39 is 15.9 Å². The number of H-pyrrole nitrogens is 1. The zero-order valence-corrected chi connectivity index (χ0v) is 19.8. The number of benzene rings is 2. The van der Waals surface area contributed by atoms with Gasteiger partial charge in [-0.2, -0.15) is 5.10 Å². The van der Waals surface area contributed by atoms with Crippen LogP contribution in [0.4, 0.5) is 11.5 Å². The number of hydrogen-bond donors (Lipinski definition) is 2. The third-order valence-corrected chi connectivity index (χ3v) is 7.81. The molecule has 0 aliphatic carbocycles. The number of nitrogens with one attached hydrogen (secondary N) is 2. The number of anilines is 2. The molecule has 2 aromatic carbocycles. The van der Waals surface area contributed by atoms with Gasteiger partial charge in [0.15, 0.2) is 5.82 Å². The molecule has 0 unspecified atom stereocenters. The van der Waals surface area contributed by atoms with Gasteiger partial charge in [-0.3, -0.25) is 14.2 Å². The van der Waals surface area contributed by atoms with E-state index in [0.29, 0.717) is 22.8 Å².